The van der Waals surface area contributed by atoms with E-state index in [-0.39, 0.29) is 0 Å². The maximum Gasteiger partial charge on any atom is 0.262 e. The fourth-order valence-corrected chi connectivity index (χ4v) is 4.84. The highest BCUT2D eigenvalue weighted by Crippen LogP contribution is 2.35. The first-order valence-corrected chi connectivity index (χ1v) is 9.58. The van der Waals surface area contributed by atoms with Crippen LogP contribution in [0.1, 0.15) is 22.3 Å². The largest absolute Gasteiger partial charge is 0.279 e. The van der Waals surface area contributed by atoms with E-state index in [9.17, 15) is 8.42 Å². The van der Waals surface area contributed by atoms with Crippen molar-refractivity contribution < 1.29 is 8.42 Å². The standard InChI is InChI=1S/C20H19NO2S/c1-13-5-3-8-18(14(13)2)21-24(22,23)19-12-11-16-10-9-15-6-4-7-17(19)20(15)16/h3-8,11-12,21H,9-10H2,1-2H3. The molecule has 0 aliphatic heterocycles. The molecule has 3 aromatic rings. The van der Waals surface area contributed by atoms with E-state index in [0.29, 0.717) is 10.6 Å². The van der Waals surface area contributed by atoms with Crippen LogP contribution in [0.15, 0.2) is 53.4 Å². The Labute approximate surface area is 142 Å². The van der Waals surface area contributed by atoms with Gasteiger partial charge < -0.3 is 0 Å². The lowest BCUT2D eigenvalue weighted by Crippen LogP contribution is -2.14. The van der Waals surface area contributed by atoms with Gasteiger partial charge in [-0.3, -0.25) is 4.72 Å². The summed E-state index contributed by atoms with van der Waals surface area (Å²) in [4.78, 5) is 0.353. The van der Waals surface area contributed by atoms with Gasteiger partial charge in [-0.25, -0.2) is 8.42 Å². The molecule has 1 N–H and O–H groups in total. The van der Waals surface area contributed by atoms with E-state index in [1.54, 1.807) is 12.1 Å². The summed E-state index contributed by atoms with van der Waals surface area (Å²) < 4.78 is 28.8. The molecule has 0 fully saturated rings. The minimum Gasteiger partial charge on any atom is -0.279 e. The lowest BCUT2D eigenvalue weighted by molar-refractivity contribution is 0.602. The summed E-state index contributed by atoms with van der Waals surface area (Å²) in [5.41, 5.74) is 5.14. The number of rotatable bonds is 3. The van der Waals surface area contributed by atoms with Crippen LogP contribution in [0.5, 0.6) is 0 Å². The predicted molar refractivity (Wildman–Crippen MR) is 98.1 cm³/mol. The highest BCUT2D eigenvalue weighted by Gasteiger charge is 2.23. The summed E-state index contributed by atoms with van der Waals surface area (Å²) in [5.74, 6) is 0. The third-order valence-electron chi connectivity index (χ3n) is 4.98. The Morgan fingerprint density at radius 3 is 2.38 bits per heavy atom. The van der Waals surface area contributed by atoms with Crippen molar-refractivity contribution in [2.45, 2.75) is 31.6 Å². The summed E-state index contributed by atoms with van der Waals surface area (Å²) in [7, 11) is -3.63. The van der Waals surface area contributed by atoms with Gasteiger partial charge in [0, 0.05) is 5.39 Å². The molecule has 4 rings (SSSR count). The lowest BCUT2D eigenvalue weighted by Gasteiger charge is -2.14. The Balaban J connectivity index is 1.87. The van der Waals surface area contributed by atoms with Gasteiger partial charge in [-0.1, -0.05) is 36.4 Å². The fourth-order valence-electron chi connectivity index (χ4n) is 3.52. The number of sulfonamides is 1. The zero-order valence-electron chi connectivity index (χ0n) is 13.8. The Kier molecular flexibility index (Phi) is 3.39. The highest BCUT2D eigenvalue weighted by molar-refractivity contribution is 7.93. The molecule has 0 aromatic heterocycles. The molecule has 0 saturated heterocycles. The topological polar surface area (TPSA) is 46.2 Å². The Bertz CT molecular complexity index is 1060. The normalized spacial score (nSPS) is 13.4. The first-order valence-electron chi connectivity index (χ1n) is 8.10. The van der Waals surface area contributed by atoms with E-state index >= 15 is 0 Å². The van der Waals surface area contributed by atoms with Crippen LogP contribution in [-0.2, 0) is 22.9 Å². The van der Waals surface area contributed by atoms with Crippen molar-refractivity contribution in [3.8, 4) is 0 Å². The molecule has 0 spiro atoms. The van der Waals surface area contributed by atoms with E-state index in [1.165, 1.54) is 11.1 Å². The second kappa shape index (κ2) is 5.35. The molecular formula is C20H19NO2S. The van der Waals surface area contributed by atoms with Crippen LogP contribution in [0.25, 0.3) is 10.8 Å². The van der Waals surface area contributed by atoms with Gasteiger partial charge in [0.15, 0.2) is 0 Å². The van der Waals surface area contributed by atoms with Crippen molar-refractivity contribution in [2.24, 2.45) is 0 Å². The molecule has 0 saturated carbocycles. The van der Waals surface area contributed by atoms with Crippen molar-refractivity contribution >= 4 is 26.5 Å². The molecule has 4 heteroatoms. The molecule has 0 heterocycles. The first kappa shape index (κ1) is 15.2. The quantitative estimate of drug-likeness (QED) is 0.772. The molecule has 0 unspecified atom stereocenters. The Morgan fingerprint density at radius 2 is 1.58 bits per heavy atom. The van der Waals surface area contributed by atoms with Crippen molar-refractivity contribution in [2.75, 3.05) is 4.72 Å². The number of aryl methyl sites for hydroxylation is 3. The average molecular weight is 337 g/mol. The van der Waals surface area contributed by atoms with Gasteiger partial charge in [-0.2, -0.15) is 0 Å². The molecule has 24 heavy (non-hydrogen) atoms. The van der Waals surface area contributed by atoms with Gasteiger partial charge in [-0.05, 0) is 66.5 Å². The number of hydrogen-bond acceptors (Lipinski definition) is 2. The number of hydrogen-bond donors (Lipinski definition) is 1. The van der Waals surface area contributed by atoms with Gasteiger partial charge in [0.1, 0.15) is 0 Å². The van der Waals surface area contributed by atoms with E-state index in [4.69, 9.17) is 0 Å². The summed E-state index contributed by atoms with van der Waals surface area (Å²) in [6.07, 6.45) is 1.97. The average Bonchev–Trinajstić information content (AvgIpc) is 2.97. The molecule has 3 nitrogen and oxygen atoms in total. The van der Waals surface area contributed by atoms with Crippen LogP contribution in [0.2, 0.25) is 0 Å². The van der Waals surface area contributed by atoms with Gasteiger partial charge in [0.2, 0.25) is 0 Å². The van der Waals surface area contributed by atoms with E-state index in [0.717, 1.165) is 34.7 Å². The summed E-state index contributed by atoms with van der Waals surface area (Å²) >= 11 is 0. The van der Waals surface area contributed by atoms with Gasteiger partial charge >= 0.3 is 0 Å². The summed E-state index contributed by atoms with van der Waals surface area (Å²) in [6.45, 7) is 3.91. The molecule has 122 valence electrons. The molecule has 0 amide bonds. The van der Waals surface area contributed by atoms with Gasteiger partial charge in [0.25, 0.3) is 10.0 Å². The molecule has 0 radical (unpaired) electrons. The zero-order chi connectivity index (χ0) is 16.9. The molecule has 0 atom stereocenters. The maximum absolute atomic E-state index is 13.0. The molecule has 1 aliphatic carbocycles. The minimum absolute atomic E-state index is 0.353. The fraction of sp³-hybridized carbons (Fsp3) is 0.200. The van der Waals surface area contributed by atoms with E-state index < -0.39 is 10.0 Å². The van der Waals surface area contributed by atoms with Crippen molar-refractivity contribution in [1.82, 2.24) is 0 Å². The smallest absolute Gasteiger partial charge is 0.262 e. The van der Waals surface area contributed by atoms with Crippen LogP contribution >= 0.6 is 0 Å². The van der Waals surface area contributed by atoms with Crippen LogP contribution in [-0.4, -0.2) is 8.42 Å². The minimum atomic E-state index is -3.63. The third kappa shape index (κ3) is 2.29. The lowest BCUT2D eigenvalue weighted by atomic mass is 10.1. The molecule has 1 aliphatic rings. The van der Waals surface area contributed by atoms with Crippen LogP contribution in [0, 0.1) is 13.8 Å². The third-order valence-corrected chi connectivity index (χ3v) is 6.40. The molecule has 0 bridgehead atoms. The summed E-state index contributed by atoms with van der Waals surface area (Å²) in [5, 5.41) is 1.93. The summed E-state index contributed by atoms with van der Waals surface area (Å²) in [6, 6.07) is 15.3. The first-order chi connectivity index (χ1) is 11.5. The Hall–Kier alpha value is -2.33. The monoisotopic (exact) mass is 337 g/mol. The molecular weight excluding hydrogens is 318 g/mol. The maximum atomic E-state index is 13.0. The van der Waals surface area contributed by atoms with Crippen LogP contribution < -0.4 is 4.72 Å². The van der Waals surface area contributed by atoms with Gasteiger partial charge in [0.05, 0.1) is 10.6 Å². The van der Waals surface area contributed by atoms with Crippen molar-refractivity contribution in [3.05, 3.63) is 70.8 Å². The molecule has 3 aromatic carbocycles. The van der Waals surface area contributed by atoms with E-state index in [2.05, 4.69) is 10.8 Å². The van der Waals surface area contributed by atoms with E-state index in [1.807, 2.05) is 44.2 Å². The second-order valence-electron chi connectivity index (χ2n) is 6.42. The number of anilines is 1. The highest BCUT2D eigenvalue weighted by atomic mass is 32.2. The predicted octanol–water partition coefficient (Wildman–Crippen LogP) is 4.36. The SMILES string of the molecule is Cc1cccc(NS(=O)(=O)c2ccc3c4c(cccc24)CC3)c1C. The van der Waals surface area contributed by atoms with Crippen molar-refractivity contribution in [1.29, 1.82) is 0 Å². The van der Waals surface area contributed by atoms with Crippen LogP contribution in [0.3, 0.4) is 0 Å². The van der Waals surface area contributed by atoms with Crippen LogP contribution in [0.4, 0.5) is 5.69 Å². The Morgan fingerprint density at radius 1 is 0.875 bits per heavy atom. The van der Waals surface area contributed by atoms with Gasteiger partial charge in [-0.15, -0.1) is 0 Å². The number of benzene rings is 3. The number of nitrogens with one attached hydrogen (secondary N) is 1. The van der Waals surface area contributed by atoms with Crippen molar-refractivity contribution in [3.63, 3.8) is 0 Å². The second-order valence-corrected chi connectivity index (χ2v) is 8.07. The zero-order valence-corrected chi connectivity index (χ0v) is 14.6.